The molecule has 9 nitrogen and oxygen atoms in total. The number of carboxylic acid groups (broad SMARTS) is 1. The number of aliphatic hydroxyl groups excluding tert-OH is 1. The summed E-state index contributed by atoms with van der Waals surface area (Å²) >= 11 is 0. The molecule has 2 N–H and O–H groups in total. The summed E-state index contributed by atoms with van der Waals surface area (Å²) in [6.07, 6.45) is 6.52. The van der Waals surface area contributed by atoms with E-state index in [1.54, 1.807) is 12.1 Å². The fourth-order valence-corrected chi connectivity index (χ4v) is 6.53. The number of hydrogen-bond donors (Lipinski definition) is 2. The minimum Gasteiger partial charge on any atom is -0.493 e. The molecule has 1 aromatic carbocycles. The van der Waals surface area contributed by atoms with E-state index in [1.165, 1.54) is 33.8 Å². The van der Waals surface area contributed by atoms with E-state index < -0.39 is 18.5 Å². The number of carbonyl (C=O) groups excluding carboxylic acids is 1. The van der Waals surface area contributed by atoms with E-state index >= 15 is 0 Å². The fraction of sp³-hybridized carbons (Fsp3) is 0.655. The Labute approximate surface area is 225 Å². The number of esters is 1. The maximum atomic E-state index is 11.6. The van der Waals surface area contributed by atoms with Gasteiger partial charge in [0, 0.05) is 12.5 Å². The molecular weight excluding hydrogens is 492 g/mol. The third-order valence-electron chi connectivity index (χ3n) is 8.65. The van der Waals surface area contributed by atoms with Gasteiger partial charge < -0.3 is 33.9 Å². The number of benzene rings is 1. The Morgan fingerprint density at radius 3 is 2.24 bits per heavy atom. The third kappa shape index (κ3) is 5.78. The summed E-state index contributed by atoms with van der Waals surface area (Å²) < 4.78 is 27.6. The molecule has 1 saturated carbocycles. The highest BCUT2D eigenvalue weighted by Gasteiger charge is 2.66. The largest absolute Gasteiger partial charge is 0.493 e. The van der Waals surface area contributed by atoms with Crippen LogP contribution in [0.25, 0.3) is 6.08 Å². The molecule has 0 amide bonds. The van der Waals surface area contributed by atoms with Crippen molar-refractivity contribution in [2.75, 3.05) is 27.9 Å². The van der Waals surface area contributed by atoms with Gasteiger partial charge in [-0.15, -0.1) is 0 Å². The Kier molecular flexibility index (Phi) is 9.36. The molecule has 5 unspecified atom stereocenters. The second-order valence-electron chi connectivity index (χ2n) is 11.0. The predicted molar refractivity (Wildman–Crippen MR) is 141 cm³/mol. The van der Waals surface area contributed by atoms with Crippen LogP contribution in [0.5, 0.6) is 17.2 Å². The first-order chi connectivity index (χ1) is 17.9. The monoisotopic (exact) mass is 534 g/mol. The lowest BCUT2D eigenvalue weighted by Crippen LogP contribution is -2.53. The van der Waals surface area contributed by atoms with E-state index in [2.05, 4.69) is 27.7 Å². The topological polar surface area (TPSA) is 121 Å². The van der Waals surface area contributed by atoms with Crippen LogP contribution in [0.4, 0.5) is 0 Å². The summed E-state index contributed by atoms with van der Waals surface area (Å²) in [6.45, 7) is 8.34. The summed E-state index contributed by atoms with van der Waals surface area (Å²) in [7, 11) is 4.51. The number of rotatable bonds is 8. The number of carboxylic acids is 1. The van der Waals surface area contributed by atoms with Crippen molar-refractivity contribution in [2.24, 2.45) is 23.7 Å². The van der Waals surface area contributed by atoms with Crippen LogP contribution in [0.2, 0.25) is 0 Å². The maximum Gasteiger partial charge on any atom is 0.332 e. The zero-order chi connectivity index (χ0) is 28.3. The molecule has 2 aliphatic heterocycles. The van der Waals surface area contributed by atoms with E-state index in [-0.39, 0.29) is 17.3 Å². The number of ether oxygens (including phenoxy) is 5. The van der Waals surface area contributed by atoms with E-state index in [0.717, 1.165) is 31.3 Å². The summed E-state index contributed by atoms with van der Waals surface area (Å²) in [6, 6.07) is 3.33. The van der Waals surface area contributed by atoms with Crippen molar-refractivity contribution < 1.29 is 43.5 Å². The number of carbonyl (C=O) groups is 2. The molecule has 0 radical (unpaired) electrons. The molecule has 1 aliphatic carbocycles. The van der Waals surface area contributed by atoms with Crippen molar-refractivity contribution in [3.63, 3.8) is 0 Å². The molecule has 38 heavy (non-hydrogen) atoms. The smallest absolute Gasteiger partial charge is 0.332 e. The molecule has 3 fully saturated rings. The van der Waals surface area contributed by atoms with Crippen molar-refractivity contribution in [3.05, 3.63) is 23.8 Å². The van der Waals surface area contributed by atoms with Gasteiger partial charge in [0.25, 0.3) is 0 Å². The molecule has 2 bridgehead atoms. The lowest BCUT2D eigenvalue weighted by atomic mass is 9.72. The second kappa shape index (κ2) is 11.9. The number of hydrogen-bond acceptors (Lipinski definition) is 8. The molecule has 2 heterocycles. The maximum absolute atomic E-state index is 11.6. The average Bonchev–Trinajstić information content (AvgIpc) is 3.38. The van der Waals surface area contributed by atoms with Crippen LogP contribution in [-0.4, -0.2) is 67.4 Å². The highest BCUT2D eigenvalue weighted by molar-refractivity contribution is 5.85. The summed E-state index contributed by atoms with van der Waals surface area (Å²) in [5, 5.41) is 17.6. The van der Waals surface area contributed by atoms with Gasteiger partial charge in [0.05, 0.1) is 26.9 Å². The number of aliphatic carboxylic acids is 1. The summed E-state index contributed by atoms with van der Waals surface area (Å²) in [5.74, 6) is 2.17. The quantitative estimate of drug-likeness (QED) is 0.371. The first-order valence-electron chi connectivity index (χ1n) is 13.2. The number of aliphatic hydroxyl groups is 1. The molecule has 0 aromatic heterocycles. The Morgan fingerprint density at radius 1 is 1.11 bits per heavy atom. The van der Waals surface area contributed by atoms with Crippen LogP contribution in [0.1, 0.15) is 58.9 Å². The molecule has 2 saturated heterocycles. The number of fused-ring (bicyclic) bond motifs is 4. The molecule has 4 rings (SSSR count). The molecular formula is C29H42O9. The van der Waals surface area contributed by atoms with E-state index in [9.17, 15) is 9.59 Å². The van der Waals surface area contributed by atoms with Gasteiger partial charge in [0.15, 0.2) is 11.5 Å². The van der Waals surface area contributed by atoms with Crippen molar-refractivity contribution in [1.82, 2.24) is 0 Å². The molecule has 3 aliphatic rings. The molecule has 9 heteroatoms. The van der Waals surface area contributed by atoms with Crippen LogP contribution in [-0.2, 0) is 19.1 Å². The van der Waals surface area contributed by atoms with Crippen molar-refractivity contribution in [2.45, 2.75) is 70.7 Å². The minimum atomic E-state index is -1.02. The van der Waals surface area contributed by atoms with Gasteiger partial charge in [0.1, 0.15) is 18.3 Å². The SMILES string of the molecule is CC(C)C12CC3C(CC[C@H]3C)C(C)(O1)C(OC(=O)CO)C2.COc1cc(/C=C/C(=O)O)cc(OC)c1OC. The Morgan fingerprint density at radius 2 is 1.74 bits per heavy atom. The van der Waals surface area contributed by atoms with Crippen LogP contribution in [0.3, 0.4) is 0 Å². The number of methoxy groups -OCH3 is 3. The zero-order valence-electron chi connectivity index (χ0n) is 23.5. The molecule has 212 valence electrons. The zero-order valence-corrected chi connectivity index (χ0v) is 23.5. The molecule has 6 atom stereocenters. The van der Waals surface area contributed by atoms with E-state index in [4.69, 9.17) is 33.9 Å². The molecule has 1 aromatic rings. The van der Waals surface area contributed by atoms with Crippen LogP contribution < -0.4 is 14.2 Å². The fourth-order valence-electron chi connectivity index (χ4n) is 6.53. The van der Waals surface area contributed by atoms with Gasteiger partial charge in [-0.05, 0) is 67.2 Å². The lowest BCUT2D eigenvalue weighted by molar-refractivity contribution is -0.214. The van der Waals surface area contributed by atoms with E-state index in [1.807, 2.05) is 0 Å². The Bertz CT molecular complexity index is 1010. The van der Waals surface area contributed by atoms with Gasteiger partial charge in [0.2, 0.25) is 5.75 Å². The van der Waals surface area contributed by atoms with Gasteiger partial charge in [-0.1, -0.05) is 27.2 Å². The Hall–Kier alpha value is -2.78. The van der Waals surface area contributed by atoms with Crippen LogP contribution in [0, 0.1) is 23.7 Å². The normalized spacial score (nSPS) is 31.4. The van der Waals surface area contributed by atoms with Crippen molar-refractivity contribution in [3.8, 4) is 17.2 Å². The summed E-state index contributed by atoms with van der Waals surface area (Å²) in [4.78, 5) is 22.0. The van der Waals surface area contributed by atoms with Gasteiger partial charge in [-0.2, -0.15) is 0 Å². The standard InChI is InChI=1S/C17H28O4.C12H14O5/c1-10(2)17-7-12-11(3)5-6-13(12)16(4,21-17)14(8-17)20-15(19)9-18;1-15-9-6-8(4-5-11(13)14)7-10(16-2)12(9)17-3/h10-14,18H,5-9H2,1-4H3;4-7H,1-3H3,(H,13,14)/b;5-4+/t11-,12?,13?,14?,16?,17?;/m1./s1. The second-order valence-corrected chi connectivity index (χ2v) is 11.0. The van der Waals surface area contributed by atoms with Gasteiger partial charge >= 0.3 is 11.9 Å². The summed E-state index contributed by atoms with van der Waals surface area (Å²) in [5.41, 5.74) is 0.0967. The predicted octanol–water partition coefficient (Wildman–Crippen LogP) is 4.34. The highest BCUT2D eigenvalue weighted by Crippen LogP contribution is 2.62. The van der Waals surface area contributed by atoms with Crippen LogP contribution in [0.15, 0.2) is 18.2 Å². The van der Waals surface area contributed by atoms with Gasteiger partial charge in [-0.3, -0.25) is 0 Å². The first-order valence-corrected chi connectivity index (χ1v) is 13.2. The van der Waals surface area contributed by atoms with Crippen LogP contribution >= 0.6 is 0 Å². The van der Waals surface area contributed by atoms with E-state index in [0.29, 0.717) is 40.6 Å². The van der Waals surface area contributed by atoms with Crippen molar-refractivity contribution >= 4 is 18.0 Å². The minimum absolute atomic E-state index is 0.172. The Balaban J connectivity index is 0.000000216. The average molecular weight is 535 g/mol. The van der Waals surface area contributed by atoms with Crippen molar-refractivity contribution in [1.29, 1.82) is 0 Å². The van der Waals surface area contributed by atoms with Gasteiger partial charge in [-0.25, -0.2) is 9.59 Å². The highest BCUT2D eigenvalue weighted by atomic mass is 16.6. The molecule has 0 spiro atoms. The first kappa shape index (κ1) is 29.8. The third-order valence-corrected chi connectivity index (χ3v) is 8.65. The lowest BCUT2D eigenvalue weighted by Gasteiger charge is -2.48.